The van der Waals surface area contributed by atoms with Crippen molar-refractivity contribution in [1.82, 2.24) is 5.32 Å². The van der Waals surface area contributed by atoms with Crippen LogP contribution < -0.4 is 5.32 Å². The highest BCUT2D eigenvalue weighted by Crippen LogP contribution is 2.19. The van der Waals surface area contributed by atoms with E-state index < -0.39 is 0 Å². The summed E-state index contributed by atoms with van der Waals surface area (Å²) in [6, 6.07) is 0. The van der Waals surface area contributed by atoms with Crippen LogP contribution in [0.4, 0.5) is 0 Å². The van der Waals surface area contributed by atoms with Gasteiger partial charge in [-0.1, -0.05) is 53.5 Å². The second-order valence-corrected chi connectivity index (χ2v) is 4.93. The molecule has 0 aromatic rings. The lowest BCUT2D eigenvalue weighted by Crippen LogP contribution is -2.15. The van der Waals surface area contributed by atoms with Crippen molar-refractivity contribution < 1.29 is 0 Å². The maximum atomic E-state index is 4.07. The molecule has 0 rings (SSSR count). The molecule has 1 nitrogen and oxygen atoms in total. The summed E-state index contributed by atoms with van der Waals surface area (Å²) in [4.78, 5) is 0. The average molecular weight is 211 g/mol. The molecule has 0 heterocycles. The van der Waals surface area contributed by atoms with Crippen LogP contribution in [0.25, 0.3) is 0 Å². The first-order valence-electron chi connectivity index (χ1n) is 6.51. The standard InChI is InChI=1S/C14H29N/c1-6-10-15-14(5)11-13(4)9-8-12(3)7-2/h12-13,15H,5-11H2,1-4H3. The van der Waals surface area contributed by atoms with E-state index in [0.29, 0.717) is 0 Å². The van der Waals surface area contributed by atoms with Gasteiger partial charge in [0.15, 0.2) is 0 Å². The van der Waals surface area contributed by atoms with Crippen molar-refractivity contribution in [2.45, 2.75) is 59.8 Å². The first-order valence-corrected chi connectivity index (χ1v) is 6.51. The van der Waals surface area contributed by atoms with Crippen molar-refractivity contribution in [2.75, 3.05) is 6.54 Å². The zero-order valence-electron chi connectivity index (χ0n) is 11.1. The second-order valence-electron chi connectivity index (χ2n) is 4.93. The third-order valence-electron chi connectivity index (χ3n) is 3.07. The molecule has 0 aliphatic heterocycles. The Hall–Kier alpha value is -0.460. The smallest absolute Gasteiger partial charge is 0.0141 e. The first kappa shape index (κ1) is 14.5. The van der Waals surface area contributed by atoms with Gasteiger partial charge in [0.1, 0.15) is 0 Å². The van der Waals surface area contributed by atoms with E-state index in [1.165, 1.54) is 31.4 Å². The van der Waals surface area contributed by atoms with Crippen LogP contribution in [0.15, 0.2) is 12.3 Å². The Morgan fingerprint density at radius 2 is 1.73 bits per heavy atom. The summed E-state index contributed by atoms with van der Waals surface area (Å²) in [6.07, 6.45) is 6.32. The van der Waals surface area contributed by atoms with Gasteiger partial charge in [0, 0.05) is 12.2 Å². The average Bonchev–Trinajstić information content (AvgIpc) is 2.22. The molecule has 0 aromatic carbocycles. The molecule has 0 radical (unpaired) electrons. The topological polar surface area (TPSA) is 12.0 Å². The summed E-state index contributed by atoms with van der Waals surface area (Å²) in [5, 5.41) is 3.37. The zero-order chi connectivity index (χ0) is 11.7. The molecule has 0 amide bonds. The van der Waals surface area contributed by atoms with Crippen LogP contribution in [0.5, 0.6) is 0 Å². The van der Waals surface area contributed by atoms with E-state index in [9.17, 15) is 0 Å². The van der Waals surface area contributed by atoms with Crippen LogP contribution in [0.2, 0.25) is 0 Å². The number of allylic oxidation sites excluding steroid dienone is 1. The van der Waals surface area contributed by atoms with Crippen molar-refractivity contribution in [3.8, 4) is 0 Å². The molecule has 0 saturated heterocycles. The van der Waals surface area contributed by atoms with Crippen LogP contribution in [-0.2, 0) is 0 Å². The van der Waals surface area contributed by atoms with E-state index in [1.54, 1.807) is 0 Å². The lowest BCUT2D eigenvalue weighted by molar-refractivity contribution is 0.415. The van der Waals surface area contributed by atoms with Gasteiger partial charge < -0.3 is 5.32 Å². The van der Waals surface area contributed by atoms with Gasteiger partial charge in [-0.15, -0.1) is 0 Å². The highest BCUT2D eigenvalue weighted by atomic mass is 14.9. The van der Waals surface area contributed by atoms with Crippen molar-refractivity contribution in [3.05, 3.63) is 12.3 Å². The highest BCUT2D eigenvalue weighted by Gasteiger charge is 2.06. The monoisotopic (exact) mass is 211 g/mol. The van der Waals surface area contributed by atoms with E-state index in [1.807, 2.05) is 0 Å². The number of hydrogen-bond donors (Lipinski definition) is 1. The van der Waals surface area contributed by atoms with Crippen LogP contribution in [-0.4, -0.2) is 6.54 Å². The summed E-state index contributed by atoms with van der Waals surface area (Å²) < 4.78 is 0. The molecule has 2 unspecified atom stereocenters. The largest absolute Gasteiger partial charge is 0.389 e. The van der Waals surface area contributed by atoms with Crippen molar-refractivity contribution in [1.29, 1.82) is 0 Å². The molecular weight excluding hydrogens is 182 g/mol. The van der Waals surface area contributed by atoms with Gasteiger partial charge in [0.2, 0.25) is 0 Å². The Morgan fingerprint density at radius 1 is 1.13 bits per heavy atom. The molecule has 0 saturated carbocycles. The van der Waals surface area contributed by atoms with Gasteiger partial charge in [-0.05, 0) is 24.7 Å². The zero-order valence-corrected chi connectivity index (χ0v) is 11.1. The predicted molar refractivity (Wildman–Crippen MR) is 69.9 cm³/mol. The van der Waals surface area contributed by atoms with Gasteiger partial charge in [0.05, 0.1) is 0 Å². The van der Waals surface area contributed by atoms with Crippen molar-refractivity contribution in [2.24, 2.45) is 11.8 Å². The summed E-state index contributed by atoms with van der Waals surface area (Å²) in [5.41, 5.74) is 1.22. The fourth-order valence-electron chi connectivity index (χ4n) is 1.67. The molecule has 1 N–H and O–H groups in total. The summed E-state index contributed by atoms with van der Waals surface area (Å²) >= 11 is 0. The molecule has 0 aliphatic rings. The van der Waals surface area contributed by atoms with Crippen molar-refractivity contribution >= 4 is 0 Å². The van der Waals surface area contributed by atoms with Gasteiger partial charge in [0.25, 0.3) is 0 Å². The number of nitrogens with one attached hydrogen (secondary N) is 1. The highest BCUT2D eigenvalue weighted by molar-refractivity contribution is 4.92. The van der Waals surface area contributed by atoms with Crippen LogP contribution in [0.1, 0.15) is 59.8 Å². The lowest BCUT2D eigenvalue weighted by atomic mass is 9.94. The fraction of sp³-hybridized carbons (Fsp3) is 0.857. The minimum Gasteiger partial charge on any atom is -0.389 e. The summed E-state index contributed by atoms with van der Waals surface area (Å²) in [6.45, 7) is 14.3. The van der Waals surface area contributed by atoms with E-state index in [-0.39, 0.29) is 0 Å². The minimum absolute atomic E-state index is 0.774. The Kier molecular flexibility index (Phi) is 8.55. The van der Waals surface area contributed by atoms with E-state index in [4.69, 9.17) is 0 Å². The van der Waals surface area contributed by atoms with Crippen LogP contribution in [0.3, 0.4) is 0 Å². The van der Waals surface area contributed by atoms with Gasteiger partial charge >= 0.3 is 0 Å². The van der Waals surface area contributed by atoms with Crippen LogP contribution in [0, 0.1) is 11.8 Å². The number of rotatable bonds is 9. The van der Waals surface area contributed by atoms with Crippen molar-refractivity contribution in [3.63, 3.8) is 0 Å². The quantitative estimate of drug-likeness (QED) is 0.598. The Morgan fingerprint density at radius 3 is 2.27 bits per heavy atom. The van der Waals surface area contributed by atoms with Crippen LogP contribution >= 0.6 is 0 Å². The summed E-state index contributed by atoms with van der Waals surface area (Å²) in [5.74, 6) is 1.65. The molecule has 1 heteroatoms. The molecule has 0 aromatic heterocycles. The normalized spacial score (nSPS) is 14.7. The third kappa shape index (κ3) is 8.53. The maximum absolute atomic E-state index is 4.07. The molecular formula is C14H29N. The molecule has 0 aliphatic carbocycles. The predicted octanol–water partition coefficient (Wildman–Crippen LogP) is 4.35. The molecule has 2 atom stereocenters. The van der Waals surface area contributed by atoms with Gasteiger partial charge in [-0.25, -0.2) is 0 Å². The second kappa shape index (κ2) is 8.82. The Labute approximate surface area is 96.3 Å². The number of hydrogen-bond acceptors (Lipinski definition) is 1. The van der Waals surface area contributed by atoms with E-state index in [0.717, 1.165) is 24.8 Å². The minimum atomic E-state index is 0.774. The third-order valence-corrected chi connectivity index (χ3v) is 3.07. The van der Waals surface area contributed by atoms with E-state index >= 15 is 0 Å². The molecule has 90 valence electrons. The summed E-state index contributed by atoms with van der Waals surface area (Å²) in [7, 11) is 0. The van der Waals surface area contributed by atoms with Gasteiger partial charge in [-0.3, -0.25) is 0 Å². The van der Waals surface area contributed by atoms with E-state index in [2.05, 4.69) is 39.6 Å². The Balaban J connectivity index is 3.54. The molecule has 0 spiro atoms. The maximum Gasteiger partial charge on any atom is 0.0141 e. The molecule has 15 heavy (non-hydrogen) atoms. The SMILES string of the molecule is C=C(CC(C)CCC(C)CC)NCCC. The lowest BCUT2D eigenvalue weighted by Gasteiger charge is -2.16. The first-order chi connectivity index (χ1) is 7.10. The van der Waals surface area contributed by atoms with Gasteiger partial charge in [-0.2, -0.15) is 0 Å². The molecule has 0 bridgehead atoms. The Bertz CT molecular complexity index is 163. The fourth-order valence-corrected chi connectivity index (χ4v) is 1.67. The molecule has 0 fully saturated rings.